The summed E-state index contributed by atoms with van der Waals surface area (Å²) in [5.74, 6) is -1.84. The molecular weight excluding hydrogens is 460 g/mol. The molecule has 188 valence electrons. The maximum Gasteiger partial charge on any atom is 0.353 e. The molecule has 0 N–H and O–H groups in total. The first kappa shape index (κ1) is 25.2. The Morgan fingerprint density at radius 3 is 2.17 bits per heavy atom. The van der Waals surface area contributed by atoms with Crippen LogP contribution in [0.3, 0.4) is 0 Å². The van der Waals surface area contributed by atoms with Gasteiger partial charge in [0.25, 0.3) is 0 Å². The lowest BCUT2D eigenvalue weighted by atomic mass is 9.94. The van der Waals surface area contributed by atoms with Crippen molar-refractivity contribution in [3.05, 3.63) is 77.6 Å². The summed E-state index contributed by atoms with van der Waals surface area (Å²) in [6, 6.07) is 17.8. The Kier molecular flexibility index (Phi) is 8.15. The summed E-state index contributed by atoms with van der Waals surface area (Å²) in [6.07, 6.45) is 3.42. The van der Waals surface area contributed by atoms with Crippen molar-refractivity contribution in [2.45, 2.75) is 50.7 Å². The molecule has 0 spiro atoms. The van der Waals surface area contributed by atoms with Gasteiger partial charge in [-0.3, -0.25) is 9.48 Å². The van der Waals surface area contributed by atoms with E-state index in [1.807, 2.05) is 30.3 Å². The van der Waals surface area contributed by atoms with E-state index in [1.54, 1.807) is 35.0 Å². The van der Waals surface area contributed by atoms with E-state index in [9.17, 15) is 14.4 Å². The van der Waals surface area contributed by atoms with Gasteiger partial charge < -0.3 is 14.2 Å². The van der Waals surface area contributed by atoms with Crippen LogP contribution in [0.4, 0.5) is 0 Å². The van der Waals surface area contributed by atoms with Crippen LogP contribution < -0.4 is 0 Å². The normalized spacial score (nSPS) is 14.6. The summed E-state index contributed by atoms with van der Waals surface area (Å²) < 4.78 is 17.6. The smallest absolute Gasteiger partial charge is 0.353 e. The molecule has 1 unspecified atom stereocenters. The second-order valence-corrected chi connectivity index (χ2v) is 8.74. The van der Waals surface area contributed by atoms with Gasteiger partial charge in [0.15, 0.2) is 0 Å². The van der Waals surface area contributed by atoms with E-state index in [2.05, 4.69) is 0 Å². The lowest BCUT2D eigenvalue weighted by Crippen LogP contribution is -2.27. The molecular formula is C28H30N2O6. The van der Waals surface area contributed by atoms with Gasteiger partial charge in [-0.2, -0.15) is 5.10 Å². The van der Waals surface area contributed by atoms with Gasteiger partial charge >= 0.3 is 17.9 Å². The quantitative estimate of drug-likeness (QED) is 0.329. The minimum atomic E-state index is -1.38. The third kappa shape index (κ3) is 5.48. The van der Waals surface area contributed by atoms with E-state index in [0.29, 0.717) is 22.5 Å². The molecule has 1 aromatic heterocycles. The Morgan fingerprint density at radius 2 is 1.56 bits per heavy atom. The van der Waals surface area contributed by atoms with Crippen molar-refractivity contribution in [2.24, 2.45) is 0 Å². The highest BCUT2D eigenvalue weighted by molar-refractivity contribution is 5.92. The molecule has 1 atom stereocenters. The molecule has 3 aromatic rings. The monoisotopic (exact) mass is 490 g/mol. The zero-order valence-corrected chi connectivity index (χ0v) is 20.5. The van der Waals surface area contributed by atoms with Crippen LogP contribution >= 0.6 is 0 Å². The van der Waals surface area contributed by atoms with E-state index in [0.717, 1.165) is 37.7 Å². The van der Waals surface area contributed by atoms with Crippen LogP contribution in [-0.4, -0.2) is 41.9 Å². The number of aromatic nitrogens is 2. The number of carbonyl (C=O) groups is 3. The standard InChI is InChI=1S/C28H30N2O6/c1-34-23(31)18-22-24(19-12-6-3-7-13-19)25(30(29-22)21-16-10-5-11-17-21)26(28(33)35-2)36-27(32)20-14-8-4-9-15-20/h3-4,6-9,12-15,21,26H,5,10-11,16-18H2,1-2H3. The van der Waals surface area contributed by atoms with E-state index in [4.69, 9.17) is 19.3 Å². The summed E-state index contributed by atoms with van der Waals surface area (Å²) in [4.78, 5) is 38.6. The molecule has 1 saturated carbocycles. The Bertz CT molecular complexity index is 1200. The number of carbonyl (C=O) groups excluding carboxylic acids is 3. The van der Waals surface area contributed by atoms with Crippen molar-refractivity contribution in [3.8, 4) is 11.1 Å². The van der Waals surface area contributed by atoms with Crippen LogP contribution in [0, 0.1) is 0 Å². The van der Waals surface area contributed by atoms with E-state index in [-0.39, 0.29) is 12.5 Å². The average Bonchev–Trinajstić information content (AvgIpc) is 3.31. The number of esters is 3. The molecule has 1 heterocycles. The molecule has 1 fully saturated rings. The van der Waals surface area contributed by atoms with Gasteiger partial charge in [0.1, 0.15) is 0 Å². The largest absolute Gasteiger partial charge is 0.469 e. The maximum atomic E-state index is 13.2. The van der Waals surface area contributed by atoms with Crippen molar-refractivity contribution in [1.29, 1.82) is 0 Å². The predicted molar refractivity (Wildman–Crippen MR) is 132 cm³/mol. The van der Waals surface area contributed by atoms with Crippen molar-refractivity contribution < 1.29 is 28.6 Å². The Balaban J connectivity index is 1.91. The van der Waals surface area contributed by atoms with Gasteiger partial charge in [0.05, 0.1) is 43.6 Å². The van der Waals surface area contributed by atoms with Crippen LogP contribution in [-0.2, 0) is 30.2 Å². The Labute approximate surface area is 210 Å². The molecule has 0 aliphatic heterocycles. The first-order valence-electron chi connectivity index (χ1n) is 12.1. The maximum absolute atomic E-state index is 13.2. The van der Waals surface area contributed by atoms with Crippen LogP contribution in [0.2, 0.25) is 0 Å². The van der Waals surface area contributed by atoms with Crippen molar-refractivity contribution in [3.63, 3.8) is 0 Å². The summed E-state index contributed by atoms with van der Waals surface area (Å²) in [5, 5.41) is 4.83. The first-order valence-corrected chi connectivity index (χ1v) is 12.1. The van der Waals surface area contributed by atoms with Crippen LogP contribution in [0.1, 0.15) is 66.0 Å². The zero-order chi connectivity index (χ0) is 25.5. The van der Waals surface area contributed by atoms with Gasteiger partial charge in [-0.1, -0.05) is 67.8 Å². The number of ether oxygens (including phenoxy) is 3. The van der Waals surface area contributed by atoms with Gasteiger partial charge in [0.2, 0.25) is 6.10 Å². The molecule has 1 aliphatic rings. The Morgan fingerprint density at radius 1 is 0.917 bits per heavy atom. The van der Waals surface area contributed by atoms with Crippen LogP contribution in [0.25, 0.3) is 11.1 Å². The molecule has 2 aromatic carbocycles. The Hall–Kier alpha value is -3.94. The molecule has 0 saturated heterocycles. The highest BCUT2D eigenvalue weighted by Crippen LogP contribution is 2.39. The number of nitrogens with zero attached hydrogens (tertiary/aromatic N) is 2. The zero-order valence-electron chi connectivity index (χ0n) is 20.5. The van der Waals surface area contributed by atoms with E-state index in [1.165, 1.54) is 14.2 Å². The summed E-state index contributed by atoms with van der Waals surface area (Å²) >= 11 is 0. The SMILES string of the molecule is COC(=O)Cc1nn(C2CCCCC2)c(C(OC(=O)c2ccccc2)C(=O)OC)c1-c1ccccc1. The van der Waals surface area contributed by atoms with Gasteiger partial charge in [0, 0.05) is 5.56 Å². The number of methoxy groups -OCH3 is 2. The van der Waals surface area contributed by atoms with Crippen LogP contribution in [0.5, 0.6) is 0 Å². The third-order valence-corrected chi connectivity index (χ3v) is 6.44. The summed E-state index contributed by atoms with van der Waals surface area (Å²) in [6.45, 7) is 0. The predicted octanol–water partition coefficient (Wildman–Crippen LogP) is 4.84. The number of rotatable bonds is 8. The third-order valence-electron chi connectivity index (χ3n) is 6.44. The molecule has 8 nitrogen and oxygen atoms in total. The second kappa shape index (κ2) is 11.7. The number of hydrogen-bond donors (Lipinski definition) is 0. The van der Waals surface area contributed by atoms with Crippen LogP contribution in [0.15, 0.2) is 60.7 Å². The fourth-order valence-electron chi connectivity index (χ4n) is 4.68. The van der Waals surface area contributed by atoms with Gasteiger partial charge in [-0.25, -0.2) is 9.59 Å². The van der Waals surface area contributed by atoms with Crippen molar-refractivity contribution >= 4 is 17.9 Å². The molecule has 8 heteroatoms. The summed E-state index contributed by atoms with van der Waals surface area (Å²) in [7, 11) is 2.58. The molecule has 36 heavy (non-hydrogen) atoms. The molecule has 4 rings (SSSR count). The minimum Gasteiger partial charge on any atom is -0.469 e. The van der Waals surface area contributed by atoms with E-state index < -0.39 is 24.0 Å². The average molecular weight is 491 g/mol. The summed E-state index contributed by atoms with van der Waals surface area (Å²) in [5.41, 5.74) is 2.49. The fraction of sp³-hybridized carbons (Fsp3) is 0.357. The van der Waals surface area contributed by atoms with E-state index >= 15 is 0 Å². The van der Waals surface area contributed by atoms with Gasteiger partial charge in [-0.15, -0.1) is 0 Å². The van der Waals surface area contributed by atoms with Crippen molar-refractivity contribution in [1.82, 2.24) is 9.78 Å². The van der Waals surface area contributed by atoms with Crippen molar-refractivity contribution in [2.75, 3.05) is 14.2 Å². The molecule has 0 radical (unpaired) electrons. The lowest BCUT2D eigenvalue weighted by Gasteiger charge is -2.26. The fourth-order valence-corrected chi connectivity index (χ4v) is 4.68. The topological polar surface area (TPSA) is 96.7 Å². The highest BCUT2D eigenvalue weighted by Gasteiger charge is 2.37. The lowest BCUT2D eigenvalue weighted by molar-refractivity contribution is -0.151. The minimum absolute atomic E-state index is 0.00908. The van der Waals surface area contributed by atoms with Gasteiger partial charge in [-0.05, 0) is 30.5 Å². The molecule has 0 bridgehead atoms. The molecule has 0 amide bonds. The molecule has 1 aliphatic carbocycles. The highest BCUT2D eigenvalue weighted by atomic mass is 16.6. The number of benzene rings is 2. The first-order chi connectivity index (χ1) is 17.5. The number of hydrogen-bond acceptors (Lipinski definition) is 7. The second-order valence-electron chi connectivity index (χ2n) is 8.74.